The van der Waals surface area contributed by atoms with Crippen molar-refractivity contribution >= 4 is 27.2 Å². The molecule has 2 aromatic heterocycles. The van der Waals surface area contributed by atoms with Gasteiger partial charge in [0.05, 0.1) is 0 Å². The smallest absolute Gasteiger partial charge is 0.134 e. The molecule has 1 saturated carbocycles. The molecule has 0 saturated heterocycles. The van der Waals surface area contributed by atoms with Crippen molar-refractivity contribution in [3.05, 3.63) is 23.7 Å². The second-order valence-corrected chi connectivity index (χ2v) is 6.11. The van der Waals surface area contributed by atoms with Crippen LogP contribution in [0, 0.1) is 5.92 Å². The van der Waals surface area contributed by atoms with E-state index in [9.17, 15) is 0 Å². The fraction of sp³-hybridized carbons (Fsp3) is 0.500. The van der Waals surface area contributed by atoms with Gasteiger partial charge in [-0.1, -0.05) is 6.42 Å². The van der Waals surface area contributed by atoms with Crippen LogP contribution in [0.4, 0.5) is 5.82 Å². The third-order valence-electron chi connectivity index (χ3n) is 3.76. The number of nitrogens with one attached hydrogen (secondary N) is 1. The average Bonchev–Trinajstić information content (AvgIpc) is 2.85. The molecule has 3 nitrogen and oxygen atoms in total. The molecular formula is C14H19N3S. The Morgan fingerprint density at radius 2 is 2.33 bits per heavy atom. The van der Waals surface area contributed by atoms with Crippen LogP contribution >= 0.6 is 11.3 Å². The van der Waals surface area contributed by atoms with E-state index < -0.39 is 0 Å². The maximum Gasteiger partial charge on any atom is 0.134 e. The Labute approximate surface area is 111 Å². The molecule has 0 amide bonds. The highest BCUT2D eigenvalue weighted by atomic mass is 32.1. The molecule has 0 spiro atoms. The van der Waals surface area contributed by atoms with Gasteiger partial charge < -0.3 is 11.1 Å². The molecule has 4 heteroatoms. The highest BCUT2D eigenvalue weighted by Crippen LogP contribution is 2.27. The summed E-state index contributed by atoms with van der Waals surface area (Å²) in [7, 11) is 0. The fourth-order valence-corrected chi connectivity index (χ4v) is 3.58. The van der Waals surface area contributed by atoms with E-state index >= 15 is 0 Å². The van der Waals surface area contributed by atoms with Crippen molar-refractivity contribution in [2.45, 2.75) is 31.7 Å². The van der Waals surface area contributed by atoms with E-state index in [-0.39, 0.29) is 0 Å². The van der Waals surface area contributed by atoms with Crippen LogP contribution in [0.25, 0.3) is 10.1 Å². The van der Waals surface area contributed by atoms with Crippen molar-refractivity contribution in [3.63, 3.8) is 0 Å². The number of hydrogen-bond acceptors (Lipinski definition) is 4. The van der Waals surface area contributed by atoms with Gasteiger partial charge in [0.15, 0.2) is 0 Å². The predicted octanol–water partition coefficient (Wildman–Crippen LogP) is 3.23. The summed E-state index contributed by atoms with van der Waals surface area (Å²) in [6, 6.07) is 4.61. The average molecular weight is 261 g/mol. The molecule has 0 aromatic carbocycles. The first kappa shape index (κ1) is 11.9. The monoisotopic (exact) mass is 261 g/mol. The molecule has 96 valence electrons. The van der Waals surface area contributed by atoms with Crippen molar-refractivity contribution in [1.29, 1.82) is 0 Å². The second-order valence-electron chi connectivity index (χ2n) is 5.17. The lowest BCUT2D eigenvalue weighted by atomic mass is 9.86. The van der Waals surface area contributed by atoms with Gasteiger partial charge >= 0.3 is 0 Å². The number of anilines is 1. The predicted molar refractivity (Wildman–Crippen MR) is 78.0 cm³/mol. The van der Waals surface area contributed by atoms with Gasteiger partial charge in [-0.05, 0) is 42.7 Å². The van der Waals surface area contributed by atoms with Crippen molar-refractivity contribution in [3.8, 4) is 0 Å². The summed E-state index contributed by atoms with van der Waals surface area (Å²) in [5.74, 6) is 1.72. The first-order valence-corrected chi connectivity index (χ1v) is 7.52. The van der Waals surface area contributed by atoms with Crippen molar-refractivity contribution in [2.75, 3.05) is 11.9 Å². The standard InChI is InChI=1S/C14H19N3S/c15-11-3-1-2-10(8-11)9-17-14-12-5-7-18-13(12)4-6-16-14/h4-7,10-11H,1-3,8-9,15H2,(H,16,17). The molecule has 2 aromatic rings. The Balaban J connectivity index is 1.67. The van der Waals surface area contributed by atoms with Crippen LogP contribution in [0.5, 0.6) is 0 Å². The molecule has 1 fully saturated rings. The number of pyridine rings is 1. The SMILES string of the molecule is NC1CCCC(CNc2nccc3sccc23)C1. The van der Waals surface area contributed by atoms with Gasteiger partial charge in [0, 0.05) is 28.9 Å². The molecule has 2 unspecified atom stereocenters. The van der Waals surface area contributed by atoms with Crippen LogP contribution < -0.4 is 11.1 Å². The van der Waals surface area contributed by atoms with E-state index in [1.807, 2.05) is 6.20 Å². The summed E-state index contributed by atoms with van der Waals surface area (Å²) in [6.45, 7) is 0.996. The third kappa shape index (κ3) is 2.49. The molecule has 2 heterocycles. The van der Waals surface area contributed by atoms with Gasteiger partial charge in [0.1, 0.15) is 5.82 Å². The minimum absolute atomic E-state index is 0.399. The normalized spacial score (nSPS) is 24.3. The van der Waals surface area contributed by atoms with Crippen LogP contribution in [-0.4, -0.2) is 17.6 Å². The molecule has 3 N–H and O–H groups in total. The maximum atomic E-state index is 6.03. The highest BCUT2D eigenvalue weighted by molar-refractivity contribution is 7.17. The number of fused-ring (bicyclic) bond motifs is 1. The number of hydrogen-bond donors (Lipinski definition) is 2. The van der Waals surface area contributed by atoms with E-state index in [4.69, 9.17) is 5.73 Å². The number of thiophene rings is 1. The molecule has 3 rings (SSSR count). The van der Waals surface area contributed by atoms with Gasteiger partial charge in [-0.15, -0.1) is 11.3 Å². The van der Waals surface area contributed by atoms with Crippen molar-refractivity contribution in [1.82, 2.24) is 4.98 Å². The lowest BCUT2D eigenvalue weighted by Gasteiger charge is -2.26. The summed E-state index contributed by atoms with van der Waals surface area (Å²) < 4.78 is 1.30. The number of nitrogens with zero attached hydrogens (tertiary/aromatic N) is 1. The zero-order chi connectivity index (χ0) is 12.4. The van der Waals surface area contributed by atoms with Crippen LogP contribution in [-0.2, 0) is 0 Å². The molecule has 2 atom stereocenters. The van der Waals surface area contributed by atoms with Gasteiger partial charge in [-0.2, -0.15) is 0 Å². The summed E-state index contributed by atoms with van der Waals surface area (Å²) >= 11 is 1.76. The van der Waals surface area contributed by atoms with E-state index in [0.29, 0.717) is 12.0 Å². The summed E-state index contributed by atoms with van der Waals surface area (Å²) in [5.41, 5.74) is 6.03. The Hall–Kier alpha value is -1.13. The Morgan fingerprint density at radius 3 is 3.22 bits per heavy atom. The topological polar surface area (TPSA) is 50.9 Å². The maximum absolute atomic E-state index is 6.03. The minimum atomic E-state index is 0.399. The second kappa shape index (κ2) is 5.24. The Morgan fingerprint density at radius 1 is 1.39 bits per heavy atom. The molecule has 0 bridgehead atoms. The fourth-order valence-electron chi connectivity index (χ4n) is 2.79. The van der Waals surface area contributed by atoms with Gasteiger partial charge in [0.2, 0.25) is 0 Å². The lowest BCUT2D eigenvalue weighted by molar-refractivity contribution is 0.335. The van der Waals surface area contributed by atoms with Crippen molar-refractivity contribution < 1.29 is 0 Å². The van der Waals surface area contributed by atoms with Gasteiger partial charge in [-0.25, -0.2) is 4.98 Å². The molecule has 1 aliphatic carbocycles. The van der Waals surface area contributed by atoms with Crippen LogP contribution in [0.1, 0.15) is 25.7 Å². The molecule has 18 heavy (non-hydrogen) atoms. The van der Waals surface area contributed by atoms with Gasteiger partial charge in [-0.3, -0.25) is 0 Å². The summed E-state index contributed by atoms with van der Waals surface area (Å²) in [4.78, 5) is 4.45. The minimum Gasteiger partial charge on any atom is -0.369 e. The molecule has 0 radical (unpaired) electrons. The zero-order valence-electron chi connectivity index (χ0n) is 10.4. The quantitative estimate of drug-likeness (QED) is 0.892. The Kier molecular flexibility index (Phi) is 3.48. The highest BCUT2D eigenvalue weighted by Gasteiger charge is 2.19. The largest absolute Gasteiger partial charge is 0.369 e. The third-order valence-corrected chi connectivity index (χ3v) is 4.64. The molecule has 0 aliphatic heterocycles. The first-order chi connectivity index (χ1) is 8.83. The number of nitrogens with two attached hydrogens (primary N) is 1. The summed E-state index contributed by atoms with van der Waals surface area (Å²) in [5, 5.41) is 6.86. The van der Waals surface area contributed by atoms with E-state index in [2.05, 4.69) is 27.8 Å². The van der Waals surface area contributed by atoms with E-state index in [1.165, 1.54) is 29.3 Å². The molecule has 1 aliphatic rings. The molecular weight excluding hydrogens is 242 g/mol. The van der Waals surface area contributed by atoms with Crippen LogP contribution in [0.15, 0.2) is 23.7 Å². The van der Waals surface area contributed by atoms with Crippen molar-refractivity contribution in [2.24, 2.45) is 11.7 Å². The number of rotatable bonds is 3. The number of aromatic nitrogens is 1. The Bertz CT molecular complexity index is 522. The van der Waals surface area contributed by atoms with E-state index in [0.717, 1.165) is 18.8 Å². The van der Waals surface area contributed by atoms with Crippen LogP contribution in [0.3, 0.4) is 0 Å². The van der Waals surface area contributed by atoms with Crippen LogP contribution in [0.2, 0.25) is 0 Å². The first-order valence-electron chi connectivity index (χ1n) is 6.64. The zero-order valence-corrected chi connectivity index (χ0v) is 11.2. The summed E-state index contributed by atoms with van der Waals surface area (Å²) in [6.07, 6.45) is 6.78. The lowest BCUT2D eigenvalue weighted by Crippen LogP contribution is -2.31. The van der Waals surface area contributed by atoms with E-state index in [1.54, 1.807) is 11.3 Å². The van der Waals surface area contributed by atoms with Gasteiger partial charge in [0.25, 0.3) is 0 Å².